The summed E-state index contributed by atoms with van der Waals surface area (Å²) in [5.41, 5.74) is 2.28. The summed E-state index contributed by atoms with van der Waals surface area (Å²) < 4.78 is 0. The van der Waals surface area contributed by atoms with Gasteiger partial charge in [-0.1, -0.05) is 18.2 Å². The lowest BCUT2D eigenvalue weighted by molar-refractivity contribution is -0.137. The summed E-state index contributed by atoms with van der Waals surface area (Å²) in [5.74, 6) is 0.256. The minimum atomic E-state index is -0.0878. The predicted octanol–water partition coefficient (Wildman–Crippen LogP) is 2.31. The van der Waals surface area contributed by atoms with Crippen LogP contribution < -0.4 is 5.32 Å². The number of aromatic amines is 1. The van der Waals surface area contributed by atoms with Gasteiger partial charge in [-0.25, -0.2) is 0 Å². The average molecular weight is 285 g/mol. The van der Waals surface area contributed by atoms with Crippen LogP contribution in [0.3, 0.4) is 0 Å². The van der Waals surface area contributed by atoms with E-state index in [0.29, 0.717) is 6.42 Å². The first-order valence-corrected chi connectivity index (χ1v) is 7.64. The van der Waals surface area contributed by atoms with E-state index in [-0.39, 0.29) is 11.4 Å². The van der Waals surface area contributed by atoms with E-state index in [1.807, 2.05) is 23.2 Å². The molecule has 112 valence electrons. The molecular weight excluding hydrogens is 262 g/mol. The van der Waals surface area contributed by atoms with Gasteiger partial charge in [0.05, 0.1) is 0 Å². The molecule has 0 spiro atoms. The molecule has 0 atom stereocenters. The van der Waals surface area contributed by atoms with E-state index in [9.17, 15) is 4.79 Å². The zero-order valence-electron chi connectivity index (χ0n) is 12.8. The lowest BCUT2D eigenvalue weighted by Crippen LogP contribution is -2.59. The fraction of sp³-hybridized carbons (Fsp3) is 0.471. The Balaban J connectivity index is 1.68. The van der Waals surface area contributed by atoms with Gasteiger partial charge in [-0.2, -0.15) is 0 Å². The number of carbonyl (C=O) groups excluding carboxylic acids is 1. The van der Waals surface area contributed by atoms with Crippen molar-refractivity contribution in [2.24, 2.45) is 0 Å². The van der Waals surface area contributed by atoms with Crippen molar-refractivity contribution in [1.82, 2.24) is 15.2 Å². The topological polar surface area (TPSA) is 48.1 Å². The van der Waals surface area contributed by atoms with Crippen molar-refractivity contribution >= 4 is 16.8 Å². The van der Waals surface area contributed by atoms with Crippen LogP contribution in [-0.2, 0) is 11.2 Å². The van der Waals surface area contributed by atoms with Crippen LogP contribution >= 0.6 is 0 Å². The van der Waals surface area contributed by atoms with Gasteiger partial charge >= 0.3 is 0 Å². The van der Waals surface area contributed by atoms with E-state index < -0.39 is 0 Å². The highest BCUT2D eigenvalue weighted by Crippen LogP contribution is 2.21. The van der Waals surface area contributed by atoms with Gasteiger partial charge in [0.25, 0.3) is 0 Å². The molecule has 0 radical (unpaired) electrons. The Morgan fingerprint density at radius 3 is 2.95 bits per heavy atom. The summed E-state index contributed by atoms with van der Waals surface area (Å²) in [6.45, 7) is 6.82. The minimum absolute atomic E-state index is 0.0878. The van der Waals surface area contributed by atoms with Crippen LogP contribution in [0, 0.1) is 0 Å². The Hall–Kier alpha value is -1.81. The molecule has 1 aromatic heterocycles. The molecule has 0 bridgehead atoms. The fourth-order valence-corrected chi connectivity index (χ4v) is 3.16. The van der Waals surface area contributed by atoms with E-state index >= 15 is 0 Å². The standard InChI is InChI=1S/C17H23N3O/c1-17(2)12-18-9-10-20(17)16(21)8-7-13-11-19-15-6-4-3-5-14(13)15/h3-6,11,18-19H,7-10,12H2,1-2H3. The monoisotopic (exact) mass is 285 g/mol. The number of carbonyl (C=O) groups is 1. The van der Waals surface area contributed by atoms with Crippen LogP contribution in [0.1, 0.15) is 25.8 Å². The molecule has 4 nitrogen and oxygen atoms in total. The van der Waals surface area contributed by atoms with E-state index in [2.05, 4.69) is 36.3 Å². The highest BCUT2D eigenvalue weighted by atomic mass is 16.2. The SMILES string of the molecule is CC1(C)CNCCN1C(=O)CCc1c[nH]c2ccccc12. The quantitative estimate of drug-likeness (QED) is 0.909. The normalized spacial score (nSPS) is 18.1. The van der Waals surface area contributed by atoms with Gasteiger partial charge in [0, 0.05) is 48.7 Å². The van der Waals surface area contributed by atoms with Crippen molar-refractivity contribution in [2.45, 2.75) is 32.2 Å². The van der Waals surface area contributed by atoms with Gasteiger partial charge in [-0.3, -0.25) is 4.79 Å². The molecule has 1 aliphatic rings. The summed E-state index contributed by atoms with van der Waals surface area (Å²) in [6, 6.07) is 8.25. The Morgan fingerprint density at radius 2 is 2.14 bits per heavy atom. The molecule has 0 saturated carbocycles. The second kappa shape index (κ2) is 5.53. The molecule has 21 heavy (non-hydrogen) atoms. The number of aromatic nitrogens is 1. The third kappa shape index (κ3) is 2.81. The second-order valence-electron chi connectivity index (χ2n) is 6.39. The van der Waals surface area contributed by atoms with Crippen molar-refractivity contribution in [2.75, 3.05) is 19.6 Å². The van der Waals surface area contributed by atoms with Gasteiger partial charge < -0.3 is 15.2 Å². The van der Waals surface area contributed by atoms with Gasteiger partial charge in [-0.15, -0.1) is 0 Å². The van der Waals surface area contributed by atoms with Gasteiger partial charge in [0.15, 0.2) is 0 Å². The first kappa shape index (κ1) is 14.1. The van der Waals surface area contributed by atoms with Crippen LogP contribution in [0.2, 0.25) is 0 Å². The van der Waals surface area contributed by atoms with Crippen molar-refractivity contribution < 1.29 is 4.79 Å². The zero-order chi connectivity index (χ0) is 14.9. The highest BCUT2D eigenvalue weighted by Gasteiger charge is 2.32. The molecule has 2 aromatic rings. The Labute approximate surface area is 125 Å². The number of H-pyrrole nitrogens is 1. The molecule has 1 aliphatic heterocycles. The maximum atomic E-state index is 12.5. The third-order valence-electron chi connectivity index (χ3n) is 4.38. The summed E-state index contributed by atoms with van der Waals surface area (Å²) in [4.78, 5) is 17.8. The number of benzene rings is 1. The Kier molecular flexibility index (Phi) is 3.72. The molecule has 2 heterocycles. The number of fused-ring (bicyclic) bond motifs is 1. The number of rotatable bonds is 3. The lowest BCUT2D eigenvalue weighted by atomic mass is 9.98. The summed E-state index contributed by atoms with van der Waals surface area (Å²) >= 11 is 0. The third-order valence-corrected chi connectivity index (χ3v) is 4.38. The highest BCUT2D eigenvalue weighted by molar-refractivity contribution is 5.84. The van der Waals surface area contributed by atoms with Crippen molar-refractivity contribution in [3.8, 4) is 0 Å². The zero-order valence-corrected chi connectivity index (χ0v) is 12.8. The first-order valence-electron chi connectivity index (χ1n) is 7.64. The van der Waals surface area contributed by atoms with Crippen molar-refractivity contribution in [3.63, 3.8) is 0 Å². The van der Waals surface area contributed by atoms with Gasteiger partial charge in [-0.05, 0) is 31.9 Å². The summed E-state index contributed by atoms with van der Waals surface area (Å²) in [7, 11) is 0. The maximum Gasteiger partial charge on any atom is 0.223 e. The molecule has 2 N–H and O–H groups in total. The van der Waals surface area contributed by atoms with Crippen LogP contribution in [0.4, 0.5) is 0 Å². The average Bonchev–Trinajstić information content (AvgIpc) is 2.87. The molecule has 0 unspecified atom stereocenters. The molecule has 1 aromatic carbocycles. The number of piperazine rings is 1. The second-order valence-corrected chi connectivity index (χ2v) is 6.39. The number of amides is 1. The first-order chi connectivity index (χ1) is 10.1. The Bertz CT molecular complexity index is 644. The van der Waals surface area contributed by atoms with E-state index in [1.54, 1.807) is 0 Å². The molecule has 0 aliphatic carbocycles. The van der Waals surface area contributed by atoms with Gasteiger partial charge in [0.2, 0.25) is 5.91 Å². The van der Waals surface area contributed by atoms with E-state index in [0.717, 1.165) is 31.6 Å². The number of nitrogens with one attached hydrogen (secondary N) is 2. The van der Waals surface area contributed by atoms with Crippen LogP contribution in [0.5, 0.6) is 0 Å². The molecule has 1 amide bonds. The summed E-state index contributed by atoms with van der Waals surface area (Å²) in [6.07, 6.45) is 3.40. The lowest BCUT2D eigenvalue weighted by Gasteiger charge is -2.43. The predicted molar refractivity (Wildman–Crippen MR) is 85.3 cm³/mol. The van der Waals surface area contributed by atoms with Crippen molar-refractivity contribution in [1.29, 1.82) is 0 Å². The van der Waals surface area contributed by atoms with Crippen LogP contribution in [-0.4, -0.2) is 41.0 Å². The van der Waals surface area contributed by atoms with E-state index in [4.69, 9.17) is 0 Å². The molecular formula is C17H23N3O. The largest absolute Gasteiger partial charge is 0.361 e. The maximum absolute atomic E-state index is 12.5. The van der Waals surface area contributed by atoms with Crippen LogP contribution in [0.25, 0.3) is 10.9 Å². The number of nitrogens with zero attached hydrogens (tertiary/aromatic N) is 1. The summed E-state index contributed by atoms with van der Waals surface area (Å²) in [5, 5.41) is 4.58. The molecule has 4 heteroatoms. The number of aryl methyl sites for hydroxylation is 1. The van der Waals surface area contributed by atoms with E-state index in [1.165, 1.54) is 10.9 Å². The van der Waals surface area contributed by atoms with Crippen LogP contribution in [0.15, 0.2) is 30.5 Å². The van der Waals surface area contributed by atoms with Crippen molar-refractivity contribution in [3.05, 3.63) is 36.0 Å². The molecule has 3 rings (SSSR count). The fourth-order valence-electron chi connectivity index (χ4n) is 3.16. The smallest absolute Gasteiger partial charge is 0.223 e. The molecule has 1 saturated heterocycles. The Morgan fingerprint density at radius 1 is 1.33 bits per heavy atom. The number of hydrogen-bond acceptors (Lipinski definition) is 2. The van der Waals surface area contributed by atoms with Gasteiger partial charge in [0.1, 0.15) is 0 Å². The molecule has 1 fully saturated rings. The number of para-hydroxylation sites is 1. The minimum Gasteiger partial charge on any atom is -0.361 e. The number of hydrogen-bond donors (Lipinski definition) is 2.